The van der Waals surface area contributed by atoms with Crippen molar-refractivity contribution in [2.75, 3.05) is 20.1 Å². The highest BCUT2D eigenvalue weighted by molar-refractivity contribution is 9.10. The van der Waals surface area contributed by atoms with E-state index >= 15 is 0 Å². The van der Waals surface area contributed by atoms with Gasteiger partial charge in [-0.15, -0.1) is 0 Å². The summed E-state index contributed by atoms with van der Waals surface area (Å²) in [7, 11) is 2.02. The van der Waals surface area contributed by atoms with Gasteiger partial charge in [-0.2, -0.15) is 0 Å². The second-order valence-corrected chi connectivity index (χ2v) is 6.82. The van der Waals surface area contributed by atoms with Crippen molar-refractivity contribution in [3.05, 3.63) is 28.2 Å². The van der Waals surface area contributed by atoms with Gasteiger partial charge in [0, 0.05) is 22.1 Å². The summed E-state index contributed by atoms with van der Waals surface area (Å²) in [4.78, 5) is 2.61. The van der Waals surface area contributed by atoms with Crippen LogP contribution in [0.2, 0.25) is 0 Å². The number of phenols is 1. The summed E-state index contributed by atoms with van der Waals surface area (Å²) in [6, 6.07) is 6.71. The number of halogens is 1. The lowest BCUT2D eigenvalue weighted by Crippen LogP contribution is -2.43. The fourth-order valence-electron chi connectivity index (χ4n) is 3.48. The van der Waals surface area contributed by atoms with Crippen LogP contribution in [0, 0.1) is 0 Å². The zero-order chi connectivity index (χ0) is 15.2. The average molecular weight is 355 g/mol. The molecule has 2 unspecified atom stereocenters. The van der Waals surface area contributed by atoms with E-state index in [1.54, 1.807) is 6.07 Å². The van der Waals surface area contributed by atoms with Crippen LogP contribution in [-0.4, -0.2) is 36.2 Å². The normalized spacial score (nSPS) is 21.4. The Bertz CT molecular complexity index is 452. The molecule has 0 saturated carbocycles. The van der Waals surface area contributed by atoms with Crippen molar-refractivity contribution in [1.29, 1.82) is 0 Å². The molecule has 21 heavy (non-hydrogen) atoms. The molecule has 0 bridgehead atoms. The summed E-state index contributed by atoms with van der Waals surface area (Å²) >= 11 is 3.54. The van der Waals surface area contributed by atoms with Gasteiger partial charge < -0.3 is 10.4 Å². The maximum atomic E-state index is 10.3. The van der Waals surface area contributed by atoms with Crippen LogP contribution in [-0.2, 0) is 0 Å². The van der Waals surface area contributed by atoms with Gasteiger partial charge in [-0.1, -0.05) is 29.3 Å². The van der Waals surface area contributed by atoms with E-state index in [-0.39, 0.29) is 0 Å². The zero-order valence-corrected chi connectivity index (χ0v) is 14.7. The van der Waals surface area contributed by atoms with Crippen molar-refractivity contribution < 1.29 is 5.11 Å². The lowest BCUT2D eigenvalue weighted by atomic mass is 9.93. The molecule has 2 atom stereocenters. The van der Waals surface area contributed by atoms with Gasteiger partial charge in [-0.3, -0.25) is 4.90 Å². The Balaban J connectivity index is 2.22. The molecular weight excluding hydrogens is 328 g/mol. The Morgan fingerprint density at radius 3 is 2.95 bits per heavy atom. The first kappa shape index (κ1) is 16.8. The SMILES string of the molecule is CCC(c1cc(Br)ccc1O)N1CCCCC1CCNC. The number of rotatable bonds is 6. The van der Waals surface area contributed by atoms with Crippen LogP contribution in [0.3, 0.4) is 0 Å². The number of hydrogen-bond acceptors (Lipinski definition) is 3. The Hall–Kier alpha value is -0.580. The maximum Gasteiger partial charge on any atom is 0.120 e. The third-order valence-corrected chi connectivity index (χ3v) is 5.03. The predicted octanol–water partition coefficient (Wildman–Crippen LogP) is 4.07. The monoisotopic (exact) mass is 354 g/mol. The van der Waals surface area contributed by atoms with E-state index in [0.29, 0.717) is 17.8 Å². The van der Waals surface area contributed by atoms with E-state index in [9.17, 15) is 5.11 Å². The van der Waals surface area contributed by atoms with Gasteiger partial charge in [-0.05, 0) is 64.0 Å². The van der Waals surface area contributed by atoms with Crippen LogP contribution in [0.4, 0.5) is 0 Å². The first-order chi connectivity index (χ1) is 10.2. The van der Waals surface area contributed by atoms with Gasteiger partial charge in [0.25, 0.3) is 0 Å². The minimum atomic E-state index is 0.310. The molecule has 0 radical (unpaired) electrons. The van der Waals surface area contributed by atoms with Crippen LogP contribution in [0.25, 0.3) is 0 Å². The van der Waals surface area contributed by atoms with Gasteiger partial charge >= 0.3 is 0 Å². The number of nitrogens with zero attached hydrogens (tertiary/aromatic N) is 1. The molecule has 4 heteroatoms. The van der Waals surface area contributed by atoms with Gasteiger partial charge in [-0.25, -0.2) is 0 Å². The van der Waals surface area contributed by atoms with E-state index in [0.717, 1.165) is 29.5 Å². The second kappa shape index (κ2) is 8.16. The molecule has 0 amide bonds. The molecule has 2 N–H and O–H groups in total. The topological polar surface area (TPSA) is 35.5 Å². The Kier molecular flexibility index (Phi) is 6.52. The Labute approximate surface area is 136 Å². The van der Waals surface area contributed by atoms with Crippen LogP contribution in [0.1, 0.15) is 50.6 Å². The molecule has 1 saturated heterocycles. The van der Waals surface area contributed by atoms with Crippen LogP contribution >= 0.6 is 15.9 Å². The molecule has 0 spiro atoms. The van der Waals surface area contributed by atoms with Gasteiger partial charge in [0.15, 0.2) is 0 Å². The summed E-state index contributed by atoms with van der Waals surface area (Å²) in [5, 5.41) is 13.5. The van der Waals surface area contributed by atoms with Crippen molar-refractivity contribution in [2.45, 2.75) is 51.1 Å². The number of benzene rings is 1. The minimum Gasteiger partial charge on any atom is -0.508 e. The molecule has 0 aromatic heterocycles. The van der Waals surface area contributed by atoms with Crippen LogP contribution in [0.15, 0.2) is 22.7 Å². The largest absolute Gasteiger partial charge is 0.508 e. The van der Waals surface area contributed by atoms with Crippen LogP contribution in [0.5, 0.6) is 5.75 Å². The Morgan fingerprint density at radius 1 is 1.43 bits per heavy atom. The minimum absolute atomic E-state index is 0.310. The maximum absolute atomic E-state index is 10.3. The Morgan fingerprint density at radius 2 is 2.24 bits per heavy atom. The number of aromatic hydroxyl groups is 1. The first-order valence-electron chi connectivity index (χ1n) is 8.06. The van der Waals surface area contributed by atoms with E-state index in [2.05, 4.69) is 39.1 Å². The summed E-state index contributed by atoms with van der Waals surface area (Å²) in [5.74, 6) is 0.419. The third-order valence-electron chi connectivity index (χ3n) is 4.54. The van der Waals surface area contributed by atoms with Crippen molar-refractivity contribution in [1.82, 2.24) is 10.2 Å². The molecule has 0 aliphatic carbocycles. The van der Waals surface area contributed by atoms with E-state index in [4.69, 9.17) is 0 Å². The van der Waals surface area contributed by atoms with E-state index in [1.165, 1.54) is 25.7 Å². The molecule has 1 aromatic carbocycles. The predicted molar refractivity (Wildman–Crippen MR) is 91.7 cm³/mol. The molecular formula is C17H27BrN2O. The van der Waals surface area contributed by atoms with Crippen LogP contribution < -0.4 is 5.32 Å². The molecule has 118 valence electrons. The van der Waals surface area contributed by atoms with Crippen molar-refractivity contribution in [3.8, 4) is 5.75 Å². The standard InChI is InChI=1S/C17H27BrN2O/c1-3-16(15-12-13(18)7-8-17(15)21)20-11-5-4-6-14(20)9-10-19-2/h7-8,12,14,16,19,21H,3-6,9-11H2,1-2H3. The lowest BCUT2D eigenvalue weighted by molar-refractivity contribution is 0.0847. The molecule has 1 aromatic rings. The van der Waals surface area contributed by atoms with Gasteiger partial charge in [0.2, 0.25) is 0 Å². The molecule has 1 heterocycles. The van der Waals surface area contributed by atoms with Gasteiger partial charge in [0.05, 0.1) is 0 Å². The van der Waals surface area contributed by atoms with Gasteiger partial charge in [0.1, 0.15) is 5.75 Å². The number of hydrogen-bond donors (Lipinski definition) is 2. The molecule has 1 aliphatic rings. The highest BCUT2D eigenvalue weighted by Gasteiger charge is 2.29. The lowest BCUT2D eigenvalue weighted by Gasteiger charge is -2.41. The number of piperidine rings is 1. The molecule has 2 rings (SSSR count). The summed E-state index contributed by atoms with van der Waals surface area (Å²) in [6.07, 6.45) is 6.07. The quantitative estimate of drug-likeness (QED) is 0.808. The highest BCUT2D eigenvalue weighted by Crippen LogP contribution is 2.37. The molecule has 3 nitrogen and oxygen atoms in total. The third kappa shape index (κ3) is 4.21. The number of nitrogens with one attached hydrogen (secondary N) is 1. The number of phenolic OH excluding ortho intramolecular Hbond substituents is 1. The second-order valence-electron chi connectivity index (χ2n) is 5.91. The van der Waals surface area contributed by atoms with Crippen molar-refractivity contribution >= 4 is 15.9 Å². The van der Waals surface area contributed by atoms with Crippen molar-refractivity contribution in [2.24, 2.45) is 0 Å². The molecule has 1 fully saturated rings. The fraction of sp³-hybridized carbons (Fsp3) is 0.647. The smallest absolute Gasteiger partial charge is 0.120 e. The van der Waals surface area contributed by atoms with E-state index < -0.39 is 0 Å². The average Bonchev–Trinajstić information content (AvgIpc) is 2.50. The zero-order valence-electron chi connectivity index (χ0n) is 13.1. The summed E-state index contributed by atoms with van der Waals surface area (Å²) in [5.41, 5.74) is 1.06. The first-order valence-corrected chi connectivity index (χ1v) is 8.85. The van der Waals surface area contributed by atoms with E-state index in [1.807, 2.05) is 13.1 Å². The highest BCUT2D eigenvalue weighted by atomic mass is 79.9. The summed E-state index contributed by atoms with van der Waals surface area (Å²) < 4.78 is 1.04. The van der Waals surface area contributed by atoms with Crippen molar-refractivity contribution in [3.63, 3.8) is 0 Å². The number of likely N-dealkylation sites (tertiary alicyclic amines) is 1. The molecule has 1 aliphatic heterocycles. The summed E-state index contributed by atoms with van der Waals surface area (Å²) in [6.45, 7) is 4.41. The fourth-order valence-corrected chi connectivity index (χ4v) is 3.86.